The van der Waals surface area contributed by atoms with Gasteiger partial charge in [-0.3, -0.25) is 0 Å². The fourth-order valence-corrected chi connectivity index (χ4v) is 1.98. The molecule has 0 fully saturated rings. The van der Waals surface area contributed by atoms with Crippen LogP contribution in [-0.2, 0) is 0 Å². The predicted octanol–water partition coefficient (Wildman–Crippen LogP) is 3.67. The van der Waals surface area contributed by atoms with E-state index in [9.17, 15) is 0 Å². The van der Waals surface area contributed by atoms with Crippen molar-refractivity contribution in [2.75, 3.05) is 0 Å². The molecule has 0 aliphatic carbocycles. The Labute approximate surface area is 104 Å². The Bertz CT molecular complexity index is 766. The molecule has 0 unspecified atom stereocenters. The van der Waals surface area contributed by atoms with Crippen LogP contribution in [0.25, 0.3) is 22.1 Å². The minimum Gasteiger partial charge on any atom is -0.355 e. The molecule has 1 aromatic heterocycles. The number of nitrogens with zero attached hydrogens (tertiary/aromatic N) is 2. The molecule has 0 saturated carbocycles. The molecule has 3 aromatic rings. The molecule has 2 aromatic carbocycles. The largest absolute Gasteiger partial charge is 0.355 e. The van der Waals surface area contributed by atoms with Gasteiger partial charge in [0.15, 0.2) is 11.5 Å². The molecule has 0 atom stereocenters. The van der Waals surface area contributed by atoms with Crippen molar-refractivity contribution in [1.82, 2.24) is 5.16 Å². The molecular weight excluding hydrogens is 224 g/mol. The van der Waals surface area contributed by atoms with Gasteiger partial charge in [0.25, 0.3) is 0 Å². The second-order valence-corrected chi connectivity index (χ2v) is 4.25. The molecular formula is C15H10N2O. The van der Waals surface area contributed by atoms with Crippen molar-refractivity contribution in [2.24, 2.45) is 0 Å². The van der Waals surface area contributed by atoms with Crippen LogP contribution in [0.5, 0.6) is 0 Å². The molecule has 0 saturated heterocycles. The average Bonchev–Trinajstić information content (AvgIpc) is 2.87. The van der Waals surface area contributed by atoms with Crippen molar-refractivity contribution >= 4 is 10.8 Å². The van der Waals surface area contributed by atoms with Crippen molar-refractivity contribution in [3.05, 3.63) is 53.7 Å². The Morgan fingerprint density at radius 2 is 1.83 bits per heavy atom. The topological polar surface area (TPSA) is 49.8 Å². The lowest BCUT2D eigenvalue weighted by Gasteiger charge is -2.01. The van der Waals surface area contributed by atoms with Crippen molar-refractivity contribution < 1.29 is 4.52 Å². The molecule has 0 spiro atoms. The van der Waals surface area contributed by atoms with Gasteiger partial charge in [0, 0.05) is 11.6 Å². The third kappa shape index (κ3) is 1.74. The summed E-state index contributed by atoms with van der Waals surface area (Å²) in [5.41, 5.74) is 2.47. The minimum atomic E-state index is 0.300. The first-order valence-electron chi connectivity index (χ1n) is 5.64. The first-order valence-corrected chi connectivity index (χ1v) is 5.64. The van der Waals surface area contributed by atoms with E-state index in [1.807, 2.05) is 24.3 Å². The van der Waals surface area contributed by atoms with E-state index in [2.05, 4.69) is 30.3 Å². The zero-order valence-electron chi connectivity index (χ0n) is 9.84. The van der Waals surface area contributed by atoms with Crippen molar-refractivity contribution in [3.63, 3.8) is 0 Å². The summed E-state index contributed by atoms with van der Waals surface area (Å²) in [4.78, 5) is 0. The minimum absolute atomic E-state index is 0.300. The van der Waals surface area contributed by atoms with Crippen molar-refractivity contribution in [1.29, 1.82) is 5.26 Å². The van der Waals surface area contributed by atoms with Crippen LogP contribution < -0.4 is 0 Å². The van der Waals surface area contributed by atoms with Gasteiger partial charge in [-0.05, 0) is 23.8 Å². The van der Waals surface area contributed by atoms with E-state index in [1.165, 1.54) is 10.9 Å². The first kappa shape index (κ1) is 10.5. The summed E-state index contributed by atoms with van der Waals surface area (Å²) in [5.74, 6) is 0.619. The van der Waals surface area contributed by atoms with Crippen LogP contribution in [0.1, 0.15) is 11.3 Å². The van der Waals surface area contributed by atoms with Gasteiger partial charge in [-0.2, -0.15) is 5.26 Å². The van der Waals surface area contributed by atoms with Gasteiger partial charge in [-0.15, -0.1) is 0 Å². The van der Waals surface area contributed by atoms with Crippen molar-refractivity contribution in [2.45, 2.75) is 6.92 Å². The van der Waals surface area contributed by atoms with Crippen LogP contribution in [0.15, 0.2) is 47.0 Å². The van der Waals surface area contributed by atoms with Crippen LogP contribution in [0.4, 0.5) is 0 Å². The van der Waals surface area contributed by atoms with Gasteiger partial charge in [0.05, 0.1) is 0 Å². The maximum atomic E-state index is 8.73. The summed E-state index contributed by atoms with van der Waals surface area (Å²) in [6.07, 6.45) is 0. The summed E-state index contributed by atoms with van der Waals surface area (Å²) in [7, 11) is 0. The normalized spacial score (nSPS) is 10.4. The first-order chi connectivity index (χ1) is 8.76. The SMILES string of the molecule is Cc1ccc2cc(-c3cc(C#N)no3)ccc2c1. The molecule has 0 aliphatic rings. The van der Waals surface area contributed by atoms with Crippen LogP contribution in [0, 0.1) is 18.3 Å². The molecule has 0 bridgehead atoms. The second-order valence-electron chi connectivity index (χ2n) is 4.25. The molecule has 86 valence electrons. The van der Waals surface area contributed by atoms with E-state index < -0.39 is 0 Å². The average molecular weight is 234 g/mol. The number of hydrogen-bond acceptors (Lipinski definition) is 3. The molecule has 0 amide bonds. The van der Waals surface area contributed by atoms with Gasteiger partial charge >= 0.3 is 0 Å². The second kappa shape index (κ2) is 4.01. The molecule has 3 nitrogen and oxygen atoms in total. The molecule has 0 radical (unpaired) electrons. The summed E-state index contributed by atoms with van der Waals surface area (Å²) in [5, 5.41) is 14.7. The maximum Gasteiger partial charge on any atom is 0.184 e. The molecule has 1 heterocycles. The van der Waals surface area contributed by atoms with Crippen LogP contribution in [0.3, 0.4) is 0 Å². The zero-order chi connectivity index (χ0) is 12.5. The Balaban J connectivity index is 2.13. The Morgan fingerprint density at radius 3 is 2.61 bits per heavy atom. The van der Waals surface area contributed by atoms with Gasteiger partial charge in [-0.25, -0.2) is 0 Å². The standard InChI is InChI=1S/C15H10N2O/c1-10-2-3-12-7-13(5-4-11(12)6-10)15-8-14(9-16)17-18-15/h2-8H,1H3. The fourth-order valence-electron chi connectivity index (χ4n) is 1.98. The Morgan fingerprint density at radius 1 is 1.06 bits per heavy atom. The van der Waals surface area contributed by atoms with E-state index in [4.69, 9.17) is 9.78 Å². The van der Waals surface area contributed by atoms with Gasteiger partial charge in [-0.1, -0.05) is 41.1 Å². The highest BCUT2D eigenvalue weighted by atomic mass is 16.5. The molecule has 0 aliphatic heterocycles. The van der Waals surface area contributed by atoms with Crippen LogP contribution in [-0.4, -0.2) is 5.16 Å². The van der Waals surface area contributed by atoms with Gasteiger partial charge < -0.3 is 4.52 Å². The van der Waals surface area contributed by atoms with E-state index in [1.54, 1.807) is 6.07 Å². The molecule has 0 N–H and O–H groups in total. The highest BCUT2D eigenvalue weighted by molar-refractivity contribution is 5.87. The lowest BCUT2D eigenvalue weighted by molar-refractivity contribution is 0.430. The number of benzene rings is 2. The zero-order valence-corrected chi connectivity index (χ0v) is 9.84. The van der Waals surface area contributed by atoms with Crippen LogP contribution in [0.2, 0.25) is 0 Å². The van der Waals surface area contributed by atoms with E-state index in [0.29, 0.717) is 11.5 Å². The van der Waals surface area contributed by atoms with Crippen LogP contribution >= 0.6 is 0 Å². The third-order valence-electron chi connectivity index (χ3n) is 2.90. The summed E-state index contributed by atoms with van der Waals surface area (Å²) in [6, 6.07) is 16.0. The molecule has 3 rings (SSSR count). The third-order valence-corrected chi connectivity index (χ3v) is 2.90. The number of hydrogen-bond donors (Lipinski definition) is 0. The predicted molar refractivity (Wildman–Crippen MR) is 68.9 cm³/mol. The summed E-state index contributed by atoms with van der Waals surface area (Å²) >= 11 is 0. The summed E-state index contributed by atoms with van der Waals surface area (Å²) < 4.78 is 5.14. The lowest BCUT2D eigenvalue weighted by atomic mass is 10.0. The number of aromatic nitrogens is 1. The quantitative estimate of drug-likeness (QED) is 0.645. The summed E-state index contributed by atoms with van der Waals surface area (Å²) in [6.45, 7) is 2.07. The van der Waals surface area contributed by atoms with E-state index in [-0.39, 0.29) is 0 Å². The van der Waals surface area contributed by atoms with Crippen molar-refractivity contribution in [3.8, 4) is 17.4 Å². The monoisotopic (exact) mass is 234 g/mol. The van der Waals surface area contributed by atoms with E-state index >= 15 is 0 Å². The lowest BCUT2D eigenvalue weighted by Crippen LogP contribution is -1.78. The Kier molecular flexibility index (Phi) is 2.35. The number of fused-ring (bicyclic) bond motifs is 1. The van der Waals surface area contributed by atoms with Gasteiger partial charge in [0.1, 0.15) is 6.07 Å². The molecule has 18 heavy (non-hydrogen) atoms. The number of rotatable bonds is 1. The number of aryl methyl sites for hydroxylation is 1. The number of nitriles is 1. The highest BCUT2D eigenvalue weighted by Crippen LogP contribution is 2.25. The smallest absolute Gasteiger partial charge is 0.184 e. The fraction of sp³-hybridized carbons (Fsp3) is 0.0667. The Hall–Kier alpha value is -2.60. The maximum absolute atomic E-state index is 8.73. The van der Waals surface area contributed by atoms with E-state index in [0.717, 1.165) is 10.9 Å². The molecule has 3 heteroatoms. The van der Waals surface area contributed by atoms with Gasteiger partial charge in [0.2, 0.25) is 0 Å². The highest BCUT2D eigenvalue weighted by Gasteiger charge is 2.06.